The number of guanidine groups is 1. The molecule has 3 N–H and O–H groups in total. The maximum atomic E-state index is 13.2. The summed E-state index contributed by atoms with van der Waals surface area (Å²) in [6.07, 6.45) is 2.62. The first-order valence-electron chi connectivity index (χ1n) is 8.50. The first-order valence-corrected chi connectivity index (χ1v) is 8.50. The molecule has 0 aliphatic rings. The van der Waals surface area contributed by atoms with E-state index in [0.717, 1.165) is 28.5 Å². The predicted octanol–water partition coefficient (Wildman–Crippen LogP) is 3.12. The molecule has 1 aromatic heterocycles. The minimum Gasteiger partial charge on any atom is -0.361 e. The number of H-pyrrole nitrogens is 1. The third kappa shape index (κ3) is 4.60. The molecular weight excluding hydrogens is 349 g/mol. The second-order valence-corrected chi connectivity index (χ2v) is 6.03. The summed E-state index contributed by atoms with van der Waals surface area (Å²) in [6.45, 7) is 1.06. The molecule has 3 rings (SSSR count). The summed E-state index contributed by atoms with van der Waals surface area (Å²) >= 11 is 0. The number of aliphatic imine (C=N–C) groups is 1. The number of hydrogen-bond donors (Lipinski definition) is 3. The third-order valence-corrected chi connectivity index (χ3v) is 4.22. The van der Waals surface area contributed by atoms with Crippen molar-refractivity contribution in [3.05, 3.63) is 75.7 Å². The van der Waals surface area contributed by atoms with Crippen molar-refractivity contribution in [2.45, 2.75) is 13.0 Å². The van der Waals surface area contributed by atoms with Gasteiger partial charge in [-0.05, 0) is 35.7 Å². The molecule has 0 amide bonds. The minimum absolute atomic E-state index is 0.0630. The number of nitrogens with one attached hydrogen (secondary N) is 3. The second-order valence-electron chi connectivity index (χ2n) is 6.03. The smallest absolute Gasteiger partial charge is 0.269 e. The van der Waals surface area contributed by atoms with Crippen molar-refractivity contribution in [3.63, 3.8) is 0 Å². The third-order valence-electron chi connectivity index (χ3n) is 4.22. The Kier molecular flexibility index (Phi) is 5.65. The van der Waals surface area contributed by atoms with Crippen molar-refractivity contribution in [1.82, 2.24) is 15.6 Å². The number of halogens is 1. The molecule has 0 aliphatic carbocycles. The summed E-state index contributed by atoms with van der Waals surface area (Å²) in [5.74, 6) is 0.340. The van der Waals surface area contributed by atoms with E-state index in [4.69, 9.17) is 0 Å². The summed E-state index contributed by atoms with van der Waals surface area (Å²) in [5, 5.41) is 18.2. The van der Waals surface area contributed by atoms with Crippen molar-refractivity contribution in [2.24, 2.45) is 4.99 Å². The number of aromatic nitrogens is 1. The van der Waals surface area contributed by atoms with E-state index in [1.807, 2.05) is 12.3 Å². The number of rotatable bonds is 6. The number of nitro groups is 1. The fourth-order valence-corrected chi connectivity index (χ4v) is 2.87. The molecule has 0 saturated heterocycles. The monoisotopic (exact) mass is 369 g/mol. The zero-order valence-electron chi connectivity index (χ0n) is 14.8. The molecular formula is C19H20FN5O2. The first kappa shape index (κ1) is 18.4. The number of non-ortho nitro benzene ring substituents is 1. The van der Waals surface area contributed by atoms with Crippen molar-refractivity contribution in [1.29, 1.82) is 0 Å². The van der Waals surface area contributed by atoms with Gasteiger partial charge in [-0.3, -0.25) is 15.1 Å². The molecule has 1 heterocycles. The Bertz CT molecular complexity index is 983. The van der Waals surface area contributed by atoms with E-state index in [1.165, 1.54) is 24.3 Å². The highest BCUT2D eigenvalue weighted by molar-refractivity contribution is 5.83. The van der Waals surface area contributed by atoms with Crippen molar-refractivity contribution in [2.75, 3.05) is 13.6 Å². The normalized spacial score (nSPS) is 11.6. The molecule has 0 radical (unpaired) electrons. The molecule has 2 aromatic carbocycles. The van der Waals surface area contributed by atoms with Gasteiger partial charge in [0.05, 0.1) is 4.92 Å². The Morgan fingerprint density at radius 1 is 1.26 bits per heavy atom. The van der Waals surface area contributed by atoms with Crippen molar-refractivity contribution < 1.29 is 9.31 Å². The maximum absolute atomic E-state index is 13.2. The van der Waals surface area contributed by atoms with Crippen LogP contribution in [0.15, 0.2) is 53.7 Å². The lowest BCUT2D eigenvalue weighted by atomic mass is 10.1. The highest BCUT2D eigenvalue weighted by Crippen LogP contribution is 2.19. The van der Waals surface area contributed by atoms with Gasteiger partial charge in [0.25, 0.3) is 5.69 Å². The fraction of sp³-hybridized carbons (Fsp3) is 0.211. The second kappa shape index (κ2) is 8.31. The van der Waals surface area contributed by atoms with Gasteiger partial charge >= 0.3 is 0 Å². The molecule has 0 spiro atoms. The number of benzene rings is 2. The van der Waals surface area contributed by atoms with Gasteiger partial charge in [0.2, 0.25) is 0 Å². The van der Waals surface area contributed by atoms with Crippen LogP contribution in [0.2, 0.25) is 0 Å². The average Bonchev–Trinajstić information content (AvgIpc) is 3.06. The summed E-state index contributed by atoms with van der Waals surface area (Å²) in [7, 11) is 1.66. The van der Waals surface area contributed by atoms with Gasteiger partial charge in [-0.1, -0.05) is 12.1 Å². The summed E-state index contributed by atoms with van der Waals surface area (Å²) in [4.78, 5) is 17.7. The van der Waals surface area contributed by atoms with E-state index < -0.39 is 4.92 Å². The van der Waals surface area contributed by atoms with Crippen LogP contribution in [-0.4, -0.2) is 29.5 Å². The Labute approximate surface area is 155 Å². The van der Waals surface area contributed by atoms with Gasteiger partial charge in [-0.15, -0.1) is 0 Å². The average molecular weight is 369 g/mol. The van der Waals surface area contributed by atoms with Gasteiger partial charge in [0, 0.05) is 49.4 Å². The number of aromatic amines is 1. The van der Waals surface area contributed by atoms with Crippen molar-refractivity contribution >= 4 is 22.5 Å². The van der Waals surface area contributed by atoms with Crippen LogP contribution in [0.25, 0.3) is 10.9 Å². The molecule has 0 unspecified atom stereocenters. The van der Waals surface area contributed by atoms with Crippen LogP contribution in [0.4, 0.5) is 10.1 Å². The van der Waals surface area contributed by atoms with Gasteiger partial charge in [0.15, 0.2) is 5.96 Å². The summed E-state index contributed by atoms with van der Waals surface area (Å²) < 4.78 is 13.2. The van der Waals surface area contributed by atoms with E-state index in [2.05, 4.69) is 20.6 Å². The Balaban J connectivity index is 1.53. The highest BCUT2D eigenvalue weighted by atomic mass is 19.1. The topological polar surface area (TPSA) is 95.3 Å². The van der Waals surface area contributed by atoms with Crippen LogP contribution in [0.3, 0.4) is 0 Å². The fourth-order valence-electron chi connectivity index (χ4n) is 2.87. The minimum atomic E-state index is -0.413. The molecule has 140 valence electrons. The van der Waals surface area contributed by atoms with Crippen LogP contribution in [0.5, 0.6) is 0 Å². The van der Waals surface area contributed by atoms with Gasteiger partial charge in [0.1, 0.15) is 5.82 Å². The molecule has 0 fully saturated rings. The number of hydrogen-bond acceptors (Lipinski definition) is 3. The molecule has 7 nitrogen and oxygen atoms in total. The Hall–Kier alpha value is -3.42. The van der Waals surface area contributed by atoms with Crippen LogP contribution in [-0.2, 0) is 13.0 Å². The van der Waals surface area contributed by atoms with Crippen molar-refractivity contribution in [3.8, 4) is 0 Å². The Morgan fingerprint density at radius 2 is 2.11 bits per heavy atom. The standard InChI is InChI=1S/C19H20FN5O2/c1-21-19(24-11-13-3-2-4-16(9-13)25(26)27)22-8-7-14-12-23-18-10-15(20)5-6-17(14)18/h2-6,9-10,12,23H,7-8,11H2,1H3,(H2,21,22,24). The largest absolute Gasteiger partial charge is 0.361 e. The van der Waals surface area contributed by atoms with E-state index in [0.29, 0.717) is 19.0 Å². The Morgan fingerprint density at radius 3 is 2.89 bits per heavy atom. The lowest BCUT2D eigenvalue weighted by Crippen LogP contribution is -2.37. The molecule has 0 saturated carbocycles. The summed E-state index contributed by atoms with van der Waals surface area (Å²) in [5.41, 5.74) is 2.73. The lowest BCUT2D eigenvalue weighted by molar-refractivity contribution is -0.384. The van der Waals surface area contributed by atoms with Gasteiger partial charge in [-0.25, -0.2) is 4.39 Å². The van der Waals surface area contributed by atoms with Gasteiger partial charge < -0.3 is 15.6 Å². The lowest BCUT2D eigenvalue weighted by Gasteiger charge is -2.11. The molecule has 0 aliphatic heterocycles. The summed E-state index contributed by atoms with van der Waals surface area (Å²) in [6, 6.07) is 11.2. The molecule has 0 atom stereocenters. The molecule has 0 bridgehead atoms. The highest BCUT2D eigenvalue weighted by Gasteiger charge is 2.07. The van der Waals surface area contributed by atoms with Gasteiger partial charge in [-0.2, -0.15) is 0 Å². The van der Waals surface area contributed by atoms with E-state index >= 15 is 0 Å². The van der Waals surface area contributed by atoms with E-state index in [9.17, 15) is 14.5 Å². The van der Waals surface area contributed by atoms with E-state index in [-0.39, 0.29) is 11.5 Å². The van der Waals surface area contributed by atoms with Crippen LogP contribution in [0.1, 0.15) is 11.1 Å². The number of nitrogens with zero attached hydrogens (tertiary/aromatic N) is 2. The molecule has 8 heteroatoms. The van der Waals surface area contributed by atoms with Crippen LogP contribution >= 0.6 is 0 Å². The van der Waals surface area contributed by atoms with Crippen LogP contribution in [0, 0.1) is 15.9 Å². The number of nitro benzene ring substituents is 1. The zero-order valence-corrected chi connectivity index (χ0v) is 14.8. The quantitative estimate of drug-likeness (QED) is 0.269. The molecule has 27 heavy (non-hydrogen) atoms. The number of fused-ring (bicyclic) bond motifs is 1. The van der Waals surface area contributed by atoms with E-state index in [1.54, 1.807) is 19.2 Å². The zero-order chi connectivity index (χ0) is 19.2. The first-order chi connectivity index (χ1) is 13.1. The maximum Gasteiger partial charge on any atom is 0.269 e. The van der Waals surface area contributed by atoms with Crippen LogP contribution < -0.4 is 10.6 Å². The molecule has 3 aromatic rings. The SMILES string of the molecule is CN=C(NCCc1c[nH]c2cc(F)ccc12)NCc1cccc([N+](=O)[O-])c1. The predicted molar refractivity (Wildman–Crippen MR) is 103 cm³/mol.